The van der Waals surface area contributed by atoms with E-state index in [1.54, 1.807) is 0 Å². The molecule has 0 spiro atoms. The van der Waals surface area contributed by atoms with E-state index in [0.29, 0.717) is 12.0 Å². The van der Waals surface area contributed by atoms with E-state index in [9.17, 15) is 5.11 Å². The van der Waals surface area contributed by atoms with E-state index in [-0.39, 0.29) is 12.1 Å². The second kappa shape index (κ2) is 5.85. The Morgan fingerprint density at radius 1 is 1.22 bits per heavy atom. The van der Waals surface area contributed by atoms with Gasteiger partial charge in [0.2, 0.25) is 0 Å². The van der Waals surface area contributed by atoms with Gasteiger partial charge in [-0.25, -0.2) is 0 Å². The number of aliphatic hydroxyl groups is 1. The summed E-state index contributed by atoms with van der Waals surface area (Å²) >= 11 is 0. The lowest BCUT2D eigenvalue weighted by Crippen LogP contribution is -2.44. The zero-order valence-corrected chi connectivity index (χ0v) is 11.7. The molecular weight excluding hydrogens is 222 g/mol. The molecule has 2 nitrogen and oxygen atoms in total. The molecule has 2 rings (SSSR count). The lowest BCUT2D eigenvalue weighted by atomic mass is 9.91. The highest BCUT2D eigenvalue weighted by molar-refractivity contribution is 5.19. The van der Waals surface area contributed by atoms with Crippen molar-refractivity contribution in [1.82, 2.24) is 4.90 Å². The highest BCUT2D eigenvalue weighted by atomic mass is 16.3. The van der Waals surface area contributed by atoms with Gasteiger partial charge < -0.3 is 5.11 Å². The van der Waals surface area contributed by atoms with E-state index in [2.05, 4.69) is 25.7 Å². The fourth-order valence-electron chi connectivity index (χ4n) is 2.89. The number of nitrogens with zero attached hydrogens (tertiary/aromatic N) is 1. The maximum absolute atomic E-state index is 10.7. The molecule has 1 aliphatic carbocycles. The summed E-state index contributed by atoms with van der Waals surface area (Å²) in [5, 5.41) is 10.7. The van der Waals surface area contributed by atoms with Crippen molar-refractivity contribution in [1.29, 1.82) is 0 Å². The molecule has 1 aromatic carbocycles. The normalized spacial score (nSPS) is 19.2. The van der Waals surface area contributed by atoms with Crippen molar-refractivity contribution in [3.8, 4) is 0 Å². The first kappa shape index (κ1) is 13.6. The number of rotatable bonds is 6. The van der Waals surface area contributed by atoms with Crippen LogP contribution >= 0.6 is 0 Å². The van der Waals surface area contributed by atoms with Crippen molar-refractivity contribution in [2.24, 2.45) is 5.92 Å². The number of hydrogen-bond donors (Lipinski definition) is 1. The second-order valence-electron chi connectivity index (χ2n) is 5.65. The van der Waals surface area contributed by atoms with Gasteiger partial charge in [-0.05, 0) is 30.9 Å². The van der Waals surface area contributed by atoms with Gasteiger partial charge in [0.15, 0.2) is 0 Å². The van der Waals surface area contributed by atoms with E-state index < -0.39 is 0 Å². The molecule has 2 atom stereocenters. The van der Waals surface area contributed by atoms with Crippen LogP contribution in [0.15, 0.2) is 30.3 Å². The quantitative estimate of drug-likeness (QED) is 0.834. The summed E-state index contributed by atoms with van der Waals surface area (Å²) in [5.74, 6) is 0.459. The van der Waals surface area contributed by atoms with Crippen molar-refractivity contribution in [2.75, 3.05) is 6.54 Å². The third kappa shape index (κ3) is 2.93. The third-order valence-electron chi connectivity index (χ3n) is 3.91. The molecule has 1 fully saturated rings. The molecule has 1 aromatic rings. The average molecular weight is 247 g/mol. The Balaban J connectivity index is 2.18. The highest BCUT2D eigenvalue weighted by Gasteiger charge is 2.37. The summed E-state index contributed by atoms with van der Waals surface area (Å²) in [6.07, 6.45) is 2.20. The minimum atomic E-state index is -0.383. The van der Waals surface area contributed by atoms with Crippen molar-refractivity contribution < 1.29 is 5.11 Å². The predicted octanol–water partition coefficient (Wildman–Crippen LogP) is 3.23. The van der Waals surface area contributed by atoms with E-state index in [0.717, 1.165) is 12.1 Å². The fourth-order valence-corrected chi connectivity index (χ4v) is 2.89. The number of benzene rings is 1. The van der Waals surface area contributed by atoms with Gasteiger partial charge in [-0.15, -0.1) is 0 Å². The summed E-state index contributed by atoms with van der Waals surface area (Å²) < 4.78 is 0. The van der Waals surface area contributed by atoms with Crippen LogP contribution in [-0.2, 0) is 0 Å². The summed E-state index contributed by atoms with van der Waals surface area (Å²) in [5.41, 5.74) is 1.04. The van der Waals surface area contributed by atoms with Crippen LogP contribution in [0.5, 0.6) is 0 Å². The van der Waals surface area contributed by atoms with Crippen LogP contribution in [0.4, 0.5) is 0 Å². The minimum Gasteiger partial charge on any atom is -0.387 e. The van der Waals surface area contributed by atoms with Crippen LogP contribution in [0.2, 0.25) is 0 Å². The predicted molar refractivity (Wildman–Crippen MR) is 75.4 cm³/mol. The largest absolute Gasteiger partial charge is 0.387 e. The summed E-state index contributed by atoms with van der Waals surface area (Å²) in [4.78, 5) is 2.49. The molecule has 1 aliphatic rings. The van der Waals surface area contributed by atoms with Crippen molar-refractivity contribution >= 4 is 0 Å². The molecule has 0 heterocycles. The van der Waals surface area contributed by atoms with Gasteiger partial charge >= 0.3 is 0 Å². The van der Waals surface area contributed by atoms with Gasteiger partial charge in [0.25, 0.3) is 0 Å². The number of hydrogen-bond acceptors (Lipinski definition) is 2. The lowest BCUT2D eigenvalue weighted by Gasteiger charge is -2.37. The van der Waals surface area contributed by atoms with Crippen molar-refractivity contribution in [2.45, 2.75) is 51.8 Å². The van der Waals surface area contributed by atoms with Gasteiger partial charge in [0.1, 0.15) is 0 Å². The first-order valence-corrected chi connectivity index (χ1v) is 7.14. The van der Waals surface area contributed by atoms with Crippen LogP contribution in [-0.4, -0.2) is 28.6 Å². The van der Waals surface area contributed by atoms with Crippen LogP contribution in [0, 0.1) is 5.92 Å². The first-order valence-electron chi connectivity index (χ1n) is 7.14. The topological polar surface area (TPSA) is 23.5 Å². The van der Waals surface area contributed by atoms with Crippen LogP contribution in [0.25, 0.3) is 0 Å². The van der Waals surface area contributed by atoms with Gasteiger partial charge in [-0.2, -0.15) is 0 Å². The van der Waals surface area contributed by atoms with Crippen LogP contribution in [0.3, 0.4) is 0 Å². The van der Waals surface area contributed by atoms with E-state index in [4.69, 9.17) is 0 Å². The molecule has 2 heteroatoms. The minimum absolute atomic E-state index is 0.227. The molecule has 0 amide bonds. The van der Waals surface area contributed by atoms with Gasteiger partial charge in [-0.1, -0.05) is 51.1 Å². The molecule has 0 saturated heterocycles. The highest BCUT2D eigenvalue weighted by Crippen LogP contribution is 2.35. The van der Waals surface area contributed by atoms with Gasteiger partial charge in [0, 0.05) is 12.1 Å². The maximum atomic E-state index is 10.7. The monoisotopic (exact) mass is 247 g/mol. The summed E-state index contributed by atoms with van der Waals surface area (Å²) in [7, 11) is 0. The van der Waals surface area contributed by atoms with Gasteiger partial charge in [0.05, 0.1) is 6.10 Å². The van der Waals surface area contributed by atoms with E-state index in [1.165, 1.54) is 12.8 Å². The number of likely N-dealkylation sites (N-methyl/N-ethyl adjacent to an activating group) is 1. The molecular formula is C16H25NO. The lowest BCUT2D eigenvalue weighted by molar-refractivity contribution is 0.0203. The SMILES string of the molecule is CCN(C1CC1)C(C(C)C)C(O)c1ccccc1. The average Bonchev–Trinajstić information content (AvgIpc) is 3.20. The van der Waals surface area contributed by atoms with Gasteiger partial charge in [-0.3, -0.25) is 4.90 Å². The Bertz CT molecular complexity index is 359. The number of aliphatic hydroxyl groups excluding tert-OH is 1. The smallest absolute Gasteiger partial charge is 0.0947 e. The Labute approximate surface area is 111 Å². The van der Waals surface area contributed by atoms with Crippen molar-refractivity contribution in [3.05, 3.63) is 35.9 Å². The second-order valence-corrected chi connectivity index (χ2v) is 5.65. The van der Waals surface area contributed by atoms with E-state index in [1.807, 2.05) is 30.3 Å². The Morgan fingerprint density at radius 2 is 1.83 bits per heavy atom. The van der Waals surface area contributed by atoms with Crippen molar-refractivity contribution in [3.63, 3.8) is 0 Å². The fraction of sp³-hybridized carbons (Fsp3) is 0.625. The molecule has 1 N–H and O–H groups in total. The standard InChI is InChI=1S/C16H25NO/c1-4-17(14-10-11-14)15(12(2)3)16(18)13-8-6-5-7-9-13/h5-9,12,14-16,18H,4,10-11H2,1-3H3. The first-order chi connectivity index (χ1) is 8.65. The molecule has 1 saturated carbocycles. The molecule has 0 radical (unpaired) electrons. The summed E-state index contributed by atoms with van der Waals surface area (Å²) in [6.45, 7) is 7.65. The zero-order valence-electron chi connectivity index (χ0n) is 11.7. The Hall–Kier alpha value is -0.860. The van der Waals surface area contributed by atoms with Crippen LogP contribution in [0.1, 0.15) is 45.3 Å². The van der Waals surface area contributed by atoms with E-state index >= 15 is 0 Å². The third-order valence-corrected chi connectivity index (χ3v) is 3.91. The molecule has 0 aromatic heterocycles. The molecule has 0 aliphatic heterocycles. The summed E-state index contributed by atoms with van der Waals surface area (Å²) in [6, 6.07) is 11.0. The molecule has 2 unspecified atom stereocenters. The Kier molecular flexibility index (Phi) is 4.41. The molecule has 0 bridgehead atoms. The van der Waals surface area contributed by atoms with Crippen LogP contribution < -0.4 is 0 Å². The zero-order chi connectivity index (χ0) is 13.1. The Morgan fingerprint density at radius 3 is 2.28 bits per heavy atom. The molecule has 100 valence electrons. The maximum Gasteiger partial charge on any atom is 0.0947 e. The molecule has 18 heavy (non-hydrogen) atoms.